The monoisotopic (exact) mass is 297 g/mol. The molecule has 6 nitrogen and oxygen atoms in total. The molecular weight excluding hydrogens is 278 g/mol. The van der Waals surface area contributed by atoms with Crippen molar-refractivity contribution >= 4 is 28.5 Å². The van der Waals surface area contributed by atoms with Gasteiger partial charge in [0, 0.05) is 6.54 Å². The van der Waals surface area contributed by atoms with Gasteiger partial charge in [0.2, 0.25) is 0 Å². The highest BCUT2D eigenvalue weighted by atomic mass is 32.1. The third-order valence-corrected chi connectivity index (χ3v) is 4.56. The summed E-state index contributed by atoms with van der Waals surface area (Å²) in [6.07, 6.45) is 4.96. The van der Waals surface area contributed by atoms with Crippen LogP contribution in [0, 0.1) is 12.8 Å². The molecule has 20 heavy (non-hydrogen) atoms. The first-order valence-electron chi connectivity index (χ1n) is 6.82. The van der Waals surface area contributed by atoms with Crippen molar-refractivity contribution < 1.29 is 14.7 Å². The zero-order valence-electron chi connectivity index (χ0n) is 11.4. The van der Waals surface area contributed by atoms with Crippen LogP contribution in [0.3, 0.4) is 0 Å². The van der Waals surface area contributed by atoms with Crippen LogP contribution in [0.15, 0.2) is 0 Å². The first-order valence-corrected chi connectivity index (χ1v) is 7.63. The zero-order valence-corrected chi connectivity index (χ0v) is 12.3. The van der Waals surface area contributed by atoms with Gasteiger partial charge >= 0.3 is 6.09 Å². The number of carbonyl (C=O) groups excluding carboxylic acids is 1. The molecule has 1 fully saturated rings. The lowest BCUT2D eigenvalue weighted by atomic mass is 9.89. The molecule has 0 atom stereocenters. The number of carboxylic acid groups (broad SMARTS) is 1. The number of nitrogens with zero attached hydrogens (tertiary/aromatic N) is 1. The van der Waals surface area contributed by atoms with Gasteiger partial charge in [0.25, 0.3) is 5.91 Å². The molecule has 0 bridgehead atoms. The zero-order chi connectivity index (χ0) is 14.5. The van der Waals surface area contributed by atoms with E-state index in [4.69, 9.17) is 5.11 Å². The minimum absolute atomic E-state index is 0.163. The van der Waals surface area contributed by atoms with Crippen molar-refractivity contribution in [1.29, 1.82) is 0 Å². The van der Waals surface area contributed by atoms with E-state index in [-0.39, 0.29) is 11.0 Å². The minimum atomic E-state index is -1.17. The Kier molecular flexibility index (Phi) is 4.94. The predicted octanol–water partition coefficient (Wildman–Crippen LogP) is 2.85. The number of aryl methyl sites for hydroxylation is 1. The standard InChI is InChI=1S/C13H19N3O3S/c1-8-10(20-12(15-8)16-13(18)19)11(17)14-7-9-5-3-2-4-6-9/h9H,2-7H2,1H3,(H,14,17)(H,15,16)(H,18,19). The Morgan fingerprint density at radius 1 is 1.35 bits per heavy atom. The molecule has 2 rings (SSSR count). The second-order valence-corrected chi connectivity index (χ2v) is 6.08. The van der Waals surface area contributed by atoms with Crippen LogP contribution in [-0.2, 0) is 0 Å². The summed E-state index contributed by atoms with van der Waals surface area (Å²) >= 11 is 1.07. The van der Waals surface area contributed by atoms with Crippen LogP contribution in [0.4, 0.5) is 9.93 Å². The quantitative estimate of drug-likeness (QED) is 0.797. The van der Waals surface area contributed by atoms with E-state index < -0.39 is 6.09 Å². The van der Waals surface area contributed by atoms with Gasteiger partial charge in [0.05, 0.1) is 5.69 Å². The molecule has 1 aliphatic carbocycles. The molecule has 3 N–H and O–H groups in total. The van der Waals surface area contributed by atoms with Gasteiger partial charge in [-0.15, -0.1) is 0 Å². The SMILES string of the molecule is Cc1nc(NC(=O)O)sc1C(=O)NCC1CCCCC1. The number of carbonyl (C=O) groups is 2. The number of hydrogen-bond acceptors (Lipinski definition) is 4. The van der Waals surface area contributed by atoms with Crippen LogP contribution in [0.25, 0.3) is 0 Å². The summed E-state index contributed by atoms with van der Waals surface area (Å²) in [4.78, 5) is 27.1. The lowest BCUT2D eigenvalue weighted by Gasteiger charge is -2.21. The summed E-state index contributed by atoms with van der Waals surface area (Å²) in [5.74, 6) is 0.404. The Hall–Kier alpha value is -1.63. The van der Waals surface area contributed by atoms with Gasteiger partial charge in [-0.1, -0.05) is 30.6 Å². The Bertz CT molecular complexity index is 495. The summed E-state index contributed by atoms with van der Waals surface area (Å²) in [6.45, 7) is 2.40. The average molecular weight is 297 g/mol. The maximum absolute atomic E-state index is 12.1. The van der Waals surface area contributed by atoms with E-state index in [0.717, 1.165) is 11.3 Å². The van der Waals surface area contributed by atoms with Crippen LogP contribution >= 0.6 is 11.3 Å². The van der Waals surface area contributed by atoms with Gasteiger partial charge in [-0.25, -0.2) is 9.78 Å². The highest BCUT2D eigenvalue weighted by molar-refractivity contribution is 7.17. The van der Waals surface area contributed by atoms with Gasteiger partial charge in [0.1, 0.15) is 4.88 Å². The lowest BCUT2D eigenvalue weighted by molar-refractivity contribution is 0.0947. The Morgan fingerprint density at radius 2 is 2.05 bits per heavy atom. The predicted molar refractivity (Wildman–Crippen MR) is 77.4 cm³/mol. The van der Waals surface area contributed by atoms with E-state index in [1.165, 1.54) is 32.1 Å². The second kappa shape index (κ2) is 6.69. The van der Waals surface area contributed by atoms with E-state index in [9.17, 15) is 9.59 Å². The number of aromatic nitrogens is 1. The third-order valence-electron chi connectivity index (χ3n) is 3.49. The largest absolute Gasteiger partial charge is 0.465 e. The topological polar surface area (TPSA) is 91.3 Å². The number of thiazole rings is 1. The maximum atomic E-state index is 12.1. The fraction of sp³-hybridized carbons (Fsp3) is 0.615. The number of nitrogens with one attached hydrogen (secondary N) is 2. The van der Waals surface area contributed by atoms with Gasteiger partial charge < -0.3 is 10.4 Å². The molecule has 0 saturated heterocycles. The molecule has 0 aliphatic heterocycles. The molecule has 0 unspecified atom stereocenters. The van der Waals surface area contributed by atoms with Crippen molar-refractivity contribution in [1.82, 2.24) is 10.3 Å². The summed E-state index contributed by atoms with van der Waals surface area (Å²) < 4.78 is 0. The summed E-state index contributed by atoms with van der Waals surface area (Å²) in [5, 5.41) is 14.0. The normalized spacial score (nSPS) is 15.8. The lowest BCUT2D eigenvalue weighted by Crippen LogP contribution is -2.30. The van der Waals surface area contributed by atoms with Crippen molar-refractivity contribution in [2.75, 3.05) is 11.9 Å². The van der Waals surface area contributed by atoms with E-state index in [2.05, 4.69) is 15.6 Å². The van der Waals surface area contributed by atoms with E-state index in [1.807, 2.05) is 0 Å². The summed E-state index contributed by atoms with van der Waals surface area (Å²) in [6, 6.07) is 0. The van der Waals surface area contributed by atoms with Crippen molar-refractivity contribution in [3.8, 4) is 0 Å². The fourth-order valence-corrected chi connectivity index (χ4v) is 3.33. The van der Waals surface area contributed by atoms with Gasteiger partial charge in [0.15, 0.2) is 5.13 Å². The summed E-state index contributed by atoms with van der Waals surface area (Å²) in [7, 11) is 0. The molecule has 110 valence electrons. The molecule has 1 aromatic heterocycles. The van der Waals surface area contributed by atoms with Crippen molar-refractivity contribution in [3.63, 3.8) is 0 Å². The molecule has 2 amide bonds. The number of anilines is 1. The molecule has 1 aliphatic rings. The van der Waals surface area contributed by atoms with Crippen molar-refractivity contribution in [2.24, 2.45) is 5.92 Å². The van der Waals surface area contributed by atoms with Crippen LogP contribution in [0.5, 0.6) is 0 Å². The second-order valence-electron chi connectivity index (χ2n) is 5.08. The van der Waals surface area contributed by atoms with Crippen LogP contribution in [0.2, 0.25) is 0 Å². The molecule has 1 aromatic rings. The van der Waals surface area contributed by atoms with E-state index in [1.54, 1.807) is 6.92 Å². The average Bonchev–Trinajstić information content (AvgIpc) is 2.77. The Morgan fingerprint density at radius 3 is 2.70 bits per heavy atom. The van der Waals surface area contributed by atoms with E-state index in [0.29, 0.717) is 23.0 Å². The molecule has 7 heteroatoms. The Balaban J connectivity index is 1.91. The molecule has 0 spiro atoms. The molecule has 1 heterocycles. The smallest absolute Gasteiger partial charge is 0.410 e. The van der Waals surface area contributed by atoms with Gasteiger partial charge in [-0.05, 0) is 25.7 Å². The molecule has 0 aromatic carbocycles. The molecule has 1 saturated carbocycles. The van der Waals surface area contributed by atoms with Crippen LogP contribution < -0.4 is 10.6 Å². The first kappa shape index (κ1) is 14.8. The minimum Gasteiger partial charge on any atom is -0.465 e. The number of hydrogen-bond donors (Lipinski definition) is 3. The van der Waals surface area contributed by atoms with Gasteiger partial charge in [-0.3, -0.25) is 10.1 Å². The van der Waals surface area contributed by atoms with Crippen LogP contribution in [0.1, 0.15) is 47.5 Å². The summed E-state index contributed by atoms with van der Waals surface area (Å²) in [5.41, 5.74) is 0.555. The fourth-order valence-electron chi connectivity index (χ4n) is 2.46. The number of rotatable bonds is 4. The highest BCUT2D eigenvalue weighted by Gasteiger charge is 2.18. The van der Waals surface area contributed by atoms with Crippen molar-refractivity contribution in [3.05, 3.63) is 10.6 Å². The number of amides is 2. The molecular formula is C13H19N3O3S. The maximum Gasteiger partial charge on any atom is 0.410 e. The van der Waals surface area contributed by atoms with Crippen molar-refractivity contribution in [2.45, 2.75) is 39.0 Å². The van der Waals surface area contributed by atoms with E-state index >= 15 is 0 Å². The van der Waals surface area contributed by atoms with Gasteiger partial charge in [-0.2, -0.15) is 0 Å². The highest BCUT2D eigenvalue weighted by Crippen LogP contribution is 2.24. The molecule has 0 radical (unpaired) electrons. The Labute approximate surface area is 121 Å². The third kappa shape index (κ3) is 3.93. The van der Waals surface area contributed by atoms with Crippen LogP contribution in [-0.4, -0.2) is 28.6 Å². The first-order chi connectivity index (χ1) is 9.56.